The zero-order valence-corrected chi connectivity index (χ0v) is 26.4. The standard InChI is InChI=1S/C38H54O2/c1-24(2)27-15-20-38(32(40)23-39)22-21-36(7)29(33(27)38)13-14-31-35(6)18-16-28(26-11-9-25(3)10-12-26)34(4,5)30(35)17-19-37(31,36)8/h9-12,16,27,29-31,33,39H,1,13-15,17-23H2,2-8H3/t27-,29+,30-,31+,33+,35-,36+,37+,38+/m0/s1. The number of carbonyl (C=O) groups excluding carboxylic acids is 1. The van der Waals surface area contributed by atoms with Crippen LogP contribution in [0.1, 0.15) is 110 Å². The highest BCUT2D eigenvalue weighted by Gasteiger charge is 2.71. The normalized spacial score (nSPS) is 45.4. The average molecular weight is 543 g/mol. The molecular weight excluding hydrogens is 488 g/mol. The Morgan fingerprint density at radius 2 is 1.60 bits per heavy atom. The molecule has 5 aliphatic rings. The molecule has 2 heteroatoms. The summed E-state index contributed by atoms with van der Waals surface area (Å²) in [6.07, 6.45) is 13.0. The Morgan fingerprint density at radius 1 is 0.900 bits per heavy atom. The Labute approximate surface area is 244 Å². The van der Waals surface area contributed by atoms with E-state index in [-0.39, 0.29) is 39.5 Å². The van der Waals surface area contributed by atoms with Crippen LogP contribution in [0.2, 0.25) is 0 Å². The van der Waals surface area contributed by atoms with Crippen LogP contribution in [-0.4, -0.2) is 17.5 Å². The van der Waals surface area contributed by atoms with Crippen LogP contribution in [0.3, 0.4) is 0 Å². The first kappa shape index (κ1) is 28.4. The van der Waals surface area contributed by atoms with Crippen LogP contribution in [0.15, 0.2) is 42.5 Å². The van der Waals surface area contributed by atoms with E-state index in [4.69, 9.17) is 0 Å². The van der Waals surface area contributed by atoms with Crippen LogP contribution < -0.4 is 0 Å². The van der Waals surface area contributed by atoms with E-state index in [1.54, 1.807) is 5.57 Å². The van der Waals surface area contributed by atoms with Crippen molar-refractivity contribution in [1.82, 2.24) is 0 Å². The predicted molar refractivity (Wildman–Crippen MR) is 166 cm³/mol. The Kier molecular flexibility index (Phi) is 6.52. The second-order valence-corrected chi connectivity index (χ2v) is 16.3. The van der Waals surface area contributed by atoms with E-state index < -0.39 is 0 Å². The molecule has 0 aromatic heterocycles. The van der Waals surface area contributed by atoms with E-state index >= 15 is 0 Å². The lowest BCUT2D eigenvalue weighted by molar-refractivity contribution is -0.225. The molecule has 0 spiro atoms. The number of aryl methyl sites for hydroxylation is 1. The molecule has 218 valence electrons. The van der Waals surface area contributed by atoms with Gasteiger partial charge in [-0.3, -0.25) is 4.79 Å². The summed E-state index contributed by atoms with van der Waals surface area (Å²) in [4.78, 5) is 13.5. The number of rotatable bonds is 4. The molecule has 5 aliphatic carbocycles. The molecule has 1 aromatic carbocycles. The van der Waals surface area contributed by atoms with Crippen molar-refractivity contribution in [2.45, 2.75) is 106 Å². The molecule has 2 nitrogen and oxygen atoms in total. The summed E-state index contributed by atoms with van der Waals surface area (Å²) in [5, 5.41) is 10.1. The number of ketones is 1. The first-order valence-corrected chi connectivity index (χ1v) is 16.3. The number of aliphatic hydroxyl groups is 1. The van der Waals surface area contributed by atoms with Crippen molar-refractivity contribution in [3.63, 3.8) is 0 Å². The highest BCUT2D eigenvalue weighted by molar-refractivity contribution is 5.87. The van der Waals surface area contributed by atoms with Gasteiger partial charge in [-0.15, -0.1) is 0 Å². The molecule has 9 atom stereocenters. The maximum Gasteiger partial charge on any atom is 0.164 e. The van der Waals surface area contributed by atoms with Gasteiger partial charge < -0.3 is 5.11 Å². The quantitative estimate of drug-likeness (QED) is 0.385. The summed E-state index contributed by atoms with van der Waals surface area (Å²) in [6.45, 7) is 21.5. The summed E-state index contributed by atoms with van der Waals surface area (Å²) in [6, 6.07) is 9.22. The minimum absolute atomic E-state index is 0.119. The second kappa shape index (κ2) is 9.16. The van der Waals surface area contributed by atoms with Crippen molar-refractivity contribution >= 4 is 11.4 Å². The second-order valence-electron chi connectivity index (χ2n) is 16.3. The molecule has 6 rings (SSSR count). The monoisotopic (exact) mass is 542 g/mol. The van der Waals surface area contributed by atoms with Crippen LogP contribution in [-0.2, 0) is 4.79 Å². The predicted octanol–water partition coefficient (Wildman–Crippen LogP) is 9.21. The minimum Gasteiger partial charge on any atom is -0.389 e. The Balaban J connectivity index is 1.39. The van der Waals surface area contributed by atoms with Gasteiger partial charge in [-0.1, -0.05) is 82.7 Å². The maximum absolute atomic E-state index is 13.5. The van der Waals surface area contributed by atoms with E-state index in [0.29, 0.717) is 29.6 Å². The molecule has 40 heavy (non-hydrogen) atoms. The van der Waals surface area contributed by atoms with E-state index in [1.807, 2.05) is 0 Å². The third-order valence-electron chi connectivity index (χ3n) is 14.7. The Hall–Kier alpha value is -1.67. The Morgan fingerprint density at radius 3 is 2.25 bits per heavy atom. The van der Waals surface area contributed by atoms with Crippen LogP contribution in [0.25, 0.3) is 5.57 Å². The van der Waals surface area contributed by atoms with Gasteiger partial charge in [0.15, 0.2) is 5.78 Å². The van der Waals surface area contributed by atoms with E-state index in [1.165, 1.54) is 48.8 Å². The summed E-state index contributed by atoms with van der Waals surface area (Å²) >= 11 is 0. The number of carbonyl (C=O) groups is 1. The molecule has 0 amide bonds. The molecule has 0 saturated heterocycles. The van der Waals surface area contributed by atoms with Gasteiger partial charge in [0, 0.05) is 5.41 Å². The zero-order valence-electron chi connectivity index (χ0n) is 26.4. The van der Waals surface area contributed by atoms with Crippen LogP contribution in [0.5, 0.6) is 0 Å². The minimum atomic E-state index is -0.328. The number of hydrogen-bond acceptors (Lipinski definition) is 2. The lowest BCUT2D eigenvalue weighted by atomic mass is 9.32. The number of hydrogen-bond donors (Lipinski definition) is 1. The third-order valence-corrected chi connectivity index (χ3v) is 14.7. The van der Waals surface area contributed by atoms with E-state index in [2.05, 4.69) is 85.4 Å². The lowest BCUT2D eigenvalue weighted by Gasteiger charge is -2.72. The van der Waals surface area contributed by atoms with Gasteiger partial charge in [-0.2, -0.15) is 0 Å². The molecule has 4 fully saturated rings. The molecule has 4 saturated carbocycles. The van der Waals surface area contributed by atoms with Crippen molar-refractivity contribution < 1.29 is 9.90 Å². The fourth-order valence-electron chi connectivity index (χ4n) is 12.6. The number of aliphatic hydroxyl groups excluding tert-OH is 1. The van der Waals surface area contributed by atoms with E-state index in [0.717, 1.165) is 25.7 Å². The van der Waals surface area contributed by atoms with Gasteiger partial charge >= 0.3 is 0 Å². The molecule has 1 N–H and O–H groups in total. The summed E-state index contributed by atoms with van der Waals surface area (Å²) in [5.41, 5.74) is 6.14. The van der Waals surface area contributed by atoms with Crippen LogP contribution in [0, 0.1) is 63.6 Å². The van der Waals surface area contributed by atoms with Crippen LogP contribution in [0.4, 0.5) is 0 Å². The first-order valence-electron chi connectivity index (χ1n) is 16.3. The van der Waals surface area contributed by atoms with Crippen molar-refractivity contribution in [3.8, 4) is 0 Å². The molecule has 0 bridgehead atoms. The lowest BCUT2D eigenvalue weighted by Crippen LogP contribution is -2.66. The summed E-state index contributed by atoms with van der Waals surface area (Å²) in [5.74, 6) is 2.80. The molecule has 0 unspecified atom stereocenters. The van der Waals surface area contributed by atoms with Gasteiger partial charge in [0.25, 0.3) is 0 Å². The number of Topliss-reactive ketones (excluding diaryl/α,β-unsaturated/α-hetero) is 1. The SMILES string of the molecule is C=C(C)[C@@H]1CC[C@]2(C(=O)CO)CC[C@]3(C)[C@H](CC[C@@H]4[C@@]5(C)CC=C(c6ccc(C)cc6)C(C)(C)[C@@H]5CC[C@]43C)[C@@H]12. The fraction of sp³-hybridized carbons (Fsp3) is 0.711. The van der Waals surface area contributed by atoms with Gasteiger partial charge in [0.05, 0.1) is 0 Å². The zero-order chi connectivity index (χ0) is 28.9. The highest BCUT2D eigenvalue weighted by Crippen LogP contribution is 2.77. The van der Waals surface area contributed by atoms with Gasteiger partial charge in [0.2, 0.25) is 0 Å². The van der Waals surface area contributed by atoms with Crippen molar-refractivity contribution in [2.75, 3.05) is 6.61 Å². The van der Waals surface area contributed by atoms with Crippen molar-refractivity contribution in [3.05, 3.63) is 53.6 Å². The fourth-order valence-corrected chi connectivity index (χ4v) is 12.6. The van der Waals surface area contributed by atoms with E-state index in [9.17, 15) is 9.90 Å². The highest BCUT2D eigenvalue weighted by atomic mass is 16.3. The molecular formula is C38H54O2. The van der Waals surface area contributed by atoms with Gasteiger partial charge in [0.1, 0.15) is 6.61 Å². The average Bonchev–Trinajstić information content (AvgIpc) is 3.30. The Bertz CT molecular complexity index is 1240. The smallest absolute Gasteiger partial charge is 0.164 e. The molecule has 0 aliphatic heterocycles. The van der Waals surface area contributed by atoms with Crippen LogP contribution >= 0.6 is 0 Å². The largest absolute Gasteiger partial charge is 0.389 e. The number of benzene rings is 1. The molecule has 0 heterocycles. The van der Waals surface area contributed by atoms with Crippen molar-refractivity contribution in [1.29, 1.82) is 0 Å². The number of allylic oxidation sites excluding steroid dienone is 3. The summed E-state index contributed by atoms with van der Waals surface area (Å²) < 4.78 is 0. The van der Waals surface area contributed by atoms with Crippen molar-refractivity contribution in [2.24, 2.45) is 56.7 Å². The molecule has 1 aromatic rings. The maximum atomic E-state index is 13.5. The number of fused-ring (bicyclic) bond motifs is 7. The first-order chi connectivity index (χ1) is 18.8. The van der Waals surface area contributed by atoms with Gasteiger partial charge in [-0.05, 0) is 134 Å². The molecule has 0 radical (unpaired) electrons. The third kappa shape index (κ3) is 3.53. The topological polar surface area (TPSA) is 37.3 Å². The van der Waals surface area contributed by atoms with Gasteiger partial charge in [-0.25, -0.2) is 0 Å². The summed E-state index contributed by atoms with van der Waals surface area (Å²) in [7, 11) is 0.